The molecule has 0 bridgehead atoms. The quantitative estimate of drug-likeness (QED) is 0.881. The topological polar surface area (TPSA) is 76.6 Å². The third-order valence-electron chi connectivity index (χ3n) is 2.95. The van der Waals surface area contributed by atoms with Crippen molar-refractivity contribution in [3.8, 4) is 0 Å². The van der Waals surface area contributed by atoms with Crippen molar-refractivity contribution in [2.24, 2.45) is 0 Å². The molecule has 22 heavy (non-hydrogen) atoms. The summed E-state index contributed by atoms with van der Waals surface area (Å²) in [6, 6.07) is 7.38. The van der Waals surface area contributed by atoms with E-state index < -0.39 is 6.09 Å². The summed E-state index contributed by atoms with van der Waals surface area (Å²) in [5, 5.41) is 3.90. The van der Waals surface area contributed by atoms with Gasteiger partial charge in [0.25, 0.3) is 0 Å². The number of benzene rings is 1. The van der Waals surface area contributed by atoms with Gasteiger partial charge in [0.05, 0.1) is 13.7 Å². The minimum Gasteiger partial charge on any atom is -0.452 e. The molecule has 8 heteroatoms. The molecule has 1 heterocycles. The Balaban J connectivity index is 1.99. The Kier molecular flexibility index (Phi) is 5.68. The smallest absolute Gasteiger partial charge is 0.413 e. The van der Waals surface area contributed by atoms with Gasteiger partial charge in [0, 0.05) is 43.5 Å². The lowest BCUT2D eigenvalue weighted by Gasteiger charge is -2.15. The highest BCUT2D eigenvalue weighted by Crippen LogP contribution is 2.22. The van der Waals surface area contributed by atoms with Crippen LogP contribution in [0.4, 0.5) is 21.3 Å². The first-order valence-electron chi connectivity index (χ1n) is 6.64. The highest BCUT2D eigenvalue weighted by Gasteiger charge is 2.10. The van der Waals surface area contributed by atoms with E-state index in [1.165, 1.54) is 23.5 Å². The fourth-order valence-electron chi connectivity index (χ4n) is 1.73. The van der Waals surface area contributed by atoms with Crippen molar-refractivity contribution in [2.75, 3.05) is 38.1 Å². The van der Waals surface area contributed by atoms with E-state index in [9.17, 15) is 4.79 Å². The average molecular weight is 322 g/mol. The van der Waals surface area contributed by atoms with Gasteiger partial charge < -0.3 is 14.8 Å². The molecule has 0 radical (unpaired) electrons. The van der Waals surface area contributed by atoms with E-state index in [0.717, 1.165) is 22.3 Å². The number of ether oxygens (including phenoxy) is 2. The second-order valence-corrected chi connectivity index (χ2v) is 5.21. The number of amides is 1. The summed E-state index contributed by atoms with van der Waals surface area (Å²) in [6.07, 6.45) is 0.282. The Bertz CT molecular complexity index is 615. The van der Waals surface area contributed by atoms with Crippen LogP contribution in [0.3, 0.4) is 0 Å². The molecular formula is C14H18N4O3S. The minimum atomic E-state index is -0.410. The number of carbonyl (C=O) groups excluding carboxylic acids is 1. The predicted molar refractivity (Wildman–Crippen MR) is 86.0 cm³/mol. The summed E-state index contributed by atoms with van der Waals surface area (Å²) < 4.78 is 13.9. The van der Waals surface area contributed by atoms with Crippen molar-refractivity contribution >= 4 is 34.1 Å². The van der Waals surface area contributed by atoms with Gasteiger partial charge in [0.1, 0.15) is 5.82 Å². The zero-order valence-corrected chi connectivity index (χ0v) is 13.5. The van der Waals surface area contributed by atoms with Crippen molar-refractivity contribution < 1.29 is 14.3 Å². The van der Waals surface area contributed by atoms with Crippen LogP contribution in [0, 0.1) is 0 Å². The lowest BCUT2D eigenvalue weighted by Crippen LogP contribution is -2.25. The summed E-state index contributed by atoms with van der Waals surface area (Å²) in [5.74, 6) is 0.761. The Morgan fingerprint density at radius 2 is 2.05 bits per heavy atom. The summed E-state index contributed by atoms with van der Waals surface area (Å²) in [5.41, 5.74) is 1.62. The summed E-state index contributed by atoms with van der Waals surface area (Å²) in [7, 11) is 4.66. The summed E-state index contributed by atoms with van der Waals surface area (Å²) >= 11 is 1.30. The molecule has 1 amide bonds. The third-order valence-corrected chi connectivity index (χ3v) is 3.62. The molecule has 0 aliphatic carbocycles. The summed E-state index contributed by atoms with van der Waals surface area (Å²) in [4.78, 5) is 17.2. The predicted octanol–water partition coefficient (Wildman–Crippen LogP) is 2.67. The van der Waals surface area contributed by atoms with Crippen LogP contribution in [-0.4, -0.2) is 43.3 Å². The number of hydrogen-bond acceptors (Lipinski definition) is 7. The Morgan fingerprint density at radius 3 is 2.68 bits per heavy atom. The van der Waals surface area contributed by atoms with E-state index >= 15 is 0 Å². The molecule has 0 aliphatic rings. The molecule has 1 aromatic heterocycles. The van der Waals surface area contributed by atoms with Gasteiger partial charge in [-0.3, -0.25) is 4.90 Å². The molecule has 0 saturated heterocycles. The number of anilines is 3. The molecular weight excluding hydrogens is 304 g/mol. The zero-order chi connectivity index (χ0) is 15.9. The fourth-order valence-corrected chi connectivity index (χ4v) is 2.37. The lowest BCUT2D eigenvalue weighted by atomic mass is 10.2. The van der Waals surface area contributed by atoms with Gasteiger partial charge >= 0.3 is 6.09 Å². The van der Waals surface area contributed by atoms with Gasteiger partial charge in [-0.15, -0.1) is 0 Å². The van der Waals surface area contributed by atoms with Crippen LogP contribution in [0.15, 0.2) is 24.3 Å². The van der Waals surface area contributed by atoms with E-state index in [1.54, 1.807) is 14.2 Å². The molecule has 118 valence electrons. The van der Waals surface area contributed by atoms with Crippen molar-refractivity contribution in [1.82, 2.24) is 9.36 Å². The highest BCUT2D eigenvalue weighted by molar-refractivity contribution is 7.09. The zero-order valence-electron chi connectivity index (χ0n) is 12.7. The molecule has 7 nitrogen and oxygen atoms in total. The van der Waals surface area contributed by atoms with Crippen LogP contribution >= 0.6 is 11.5 Å². The van der Waals surface area contributed by atoms with E-state index in [2.05, 4.69) is 19.4 Å². The van der Waals surface area contributed by atoms with E-state index in [1.807, 2.05) is 24.3 Å². The van der Waals surface area contributed by atoms with Crippen LogP contribution in [-0.2, 0) is 15.9 Å². The number of hydrogen-bond donors (Lipinski definition) is 1. The molecule has 0 aliphatic heterocycles. The maximum atomic E-state index is 11.4. The molecule has 0 spiro atoms. The fraction of sp³-hybridized carbons (Fsp3) is 0.357. The normalized spacial score (nSPS) is 10.3. The van der Waals surface area contributed by atoms with Crippen molar-refractivity contribution in [1.29, 1.82) is 0 Å². The van der Waals surface area contributed by atoms with Gasteiger partial charge in [-0.05, 0) is 24.3 Å². The second kappa shape index (κ2) is 7.71. The molecule has 2 aromatic rings. The molecule has 0 atom stereocenters. The van der Waals surface area contributed by atoms with Gasteiger partial charge in [-0.1, -0.05) is 0 Å². The van der Waals surface area contributed by atoms with Gasteiger partial charge in [-0.25, -0.2) is 9.78 Å². The van der Waals surface area contributed by atoms with E-state index in [-0.39, 0.29) is 0 Å². The molecule has 0 fully saturated rings. The van der Waals surface area contributed by atoms with Gasteiger partial charge in [0.15, 0.2) is 0 Å². The molecule has 2 rings (SSSR count). The van der Waals surface area contributed by atoms with Crippen LogP contribution in [0.5, 0.6) is 0 Å². The van der Waals surface area contributed by atoms with Crippen molar-refractivity contribution in [3.05, 3.63) is 30.1 Å². The first-order chi connectivity index (χ1) is 10.6. The van der Waals surface area contributed by atoms with Gasteiger partial charge in [0.2, 0.25) is 5.13 Å². The minimum absolute atomic E-state index is 0.410. The Labute approximate surface area is 133 Å². The molecule has 0 saturated carbocycles. The lowest BCUT2D eigenvalue weighted by molar-refractivity contribution is 0.180. The van der Waals surface area contributed by atoms with E-state index in [0.29, 0.717) is 13.0 Å². The van der Waals surface area contributed by atoms with Crippen molar-refractivity contribution in [2.45, 2.75) is 6.42 Å². The van der Waals surface area contributed by atoms with Crippen molar-refractivity contribution in [3.63, 3.8) is 0 Å². The molecule has 1 aromatic carbocycles. The highest BCUT2D eigenvalue weighted by atomic mass is 32.1. The van der Waals surface area contributed by atoms with E-state index in [4.69, 9.17) is 4.74 Å². The largest absolute Gasteiger partial charge is 0.452 e. The van der Waals surface area contributed by atoms with Crippen LogP contribution in [0.1, 0.15) is 5.82 Å². The standard InChI is InChI=1S/C14H18N4O3S/c1-18(14(19)21-3)11-6-4-10(5-7-11)15-13-16-12(17-22-13)8-9-20-2/h4-7H,8-9H2,1-3H3,(H,15,16,17). The maximum absolute atomic E-state index is 11.4. The average Bonchev–Trinajstić information content (AvgIpc) is 2.99. The maximum Gasteiger partial charge on any atom is 0.413 e. The third kappa shape index (κ3) is 4.15. The first kappa shape index (κ1) is 16.2. The number of nitrogens with one attached hydrogen (secondary N) is 1. The number of methoxy groups -OCH3 is 2. The second-order valence-electron chi connectivity index (χ2n) is 4.46. The molecule has 1 N–H and O–H groups in total. The Morgan fingerprint density at radius 1 is 1.32 bits per heavy atom. The monoisotopic (exact) mass is 322 g/mol. The van der Waals surface area contributed by atoms with Crippen LogP contribution in [0.2, 0.25) is 0 Å². The SMILES string of the molecule is COCCc1nsc(Nc2ccc(N(C)C(=O)OC)cc2)n1. The first-order valence-corrected chi connectivity index (χ1v) is 7.41. The summed E-state index contributed by atoms with van der Waals surface area (Å²) in [6.45, 7) is 0.602. The number of nitrogens with zero attached hydrogens (tertiary/aromatic N) is 3. The van der Waals surface area contributed by atoms with Crippen LogP contribution < -0.4 is 10.2 Å². The number of rotatable bonds is 6. The van der Waals surface area contributed by atoms with Crippen LogP contribution in [0.25, 0.3) is 0 Å². The van der Waals surface area contributed by atoms with Gasteiger partial charge in [-0.2, -0.15) is 4.37 Å². The number of aromatic nitrogens is 2. The Hall–Kier alpha value is -2.19. The number of carbonyl (C=O) groups is 1. The molecule has 0 unspecified atom stereocenters.